The Labute approximate surface area is 75.8 Å². The molecule has 0 saturated heterocycles. The molecule has 10 heavy (non-hydrogen) atoms. The number of rotatable bonds is 2. The van der Waals surface area contributed by atoms with Crippen molar-refractivity contribution in [3.05, 3.63) is 35.4 Å². The molecule has 0 atom stereocenters. The first-order chi connectivity index (χ1) is 4.86. The van der Waals surface area contributed by atoms with Gasteiger partial charge in [0.25, 0.3) is 0 Å². The van der Waals surface area contributed by atoms with Gasteiger partial charge in [-0.1, -0.05) is 53.8 Å². The highest BCUT2D eigenvalue weighted by molar-refractivity contribution is 14.1. The van der Waals surface area contributed by atoms with E-state index in [1.807, 2.05) is 0 Å². The minimum absolute atomic E-state index is 1.11. The summed E-state index contributed by atoms with van der Waals surface area (Å²) in [6, 6.07) is 8.80. The summed E-state index contributed by atoms with van der Waals surface area (Å²) < 4.78 is 1.11. The van der Waals surface area contributed by atoms with Crippen molar-refractivity contribution in [1.29, 1.82) is 0 Å². The van der Waals surface area contributed by atoms with Crippen LogP contribution in [0.4, 0.5) is 0 Å². The standard InChI is InChI=1S/C9H11I/c1-2-8-3-5-9(7-10)6-4-8/h3-6H,2,7H2,1H3. The van der Waals surface area contributed by atoms with Crippen LogP contribution < -0.4 is 0 Å². The van der Waals surface area contributed by atoms with Crippen LogP contribution in [0.15, 0.2) is 24.3 Å². The molecule has 1 rings (SSSR count). The summed E-state index contributed by atoms with van der Waals surface area (Å²) in [5.41, 5.74) is 2.84. The number of aryl methyl sites for hydroxylation is 1. The van der Waals surface area contributed by atoms with Crippen molar-refractivity contribution in [2.45, 2.75) is 17.8 Å². The van der Waals surface area contributed by atoms with E-state index in [0.29, 0.717) is 0 Å². The molecule has 0 aliphatic rings. The van der Waals surface area contributed by atoms with Crippen LogP contribution in [0.5, 0.6) is 0 Å². The molecule has 0 nitrogen and oxygen atoms in total. The van der Waals surface area contributed by atoms with Gasteiger partial charge in [0, 0.05) is 4.43 Å². The molecule has 0 radical (unpaired) electrons. The highest BCUT2D eigenvalue weighted by atomic mass is 127. The first kappa shape index (κ1) is 8.05. The molecule has 0 bridgehead atoms. The maximum Gasteiger partial charge on any atom is 0.0247 e. The summed E-state index contributed by atoms with van der Waals surface area (Å²) in [4.78, 5) is 0. The number of hydrogen-bond acceptors (Lipinski definition) is 0. The molecule has 0 N–H and O–H groups in total. The molecule has 1 heteroatoms. The van der Waals surface area contributed by atoms with E-state index >= 15 is 0 Å². The third-order valence-electron chi connectivity index (χ3n) is 1.59. The number of alkyl halides is 1. The molecule has 0 fully saturated rings. The summed E-state index contributed by atoms with van der Waals surface area (Å²) in [5.74, 6) is 0. The number of halogens is 1. The summed E-state index contributed by atoms with van der Waals surface area (Å²) in [6.45, 7) is 2.18. The van der Waals surface area contributed by atoms with E-state index in [2.05, 4.69) is 53.8 Å². The smallest absolute Gasteiger partial charge is 0.0247 e. The molecule has 0 amide bonds. The molecule has 0 aliphatic heterocycles. The average Bonchev–Trinajstić information content (AvgIpc) is 2.05. The zero-order chi connectivity index (χ0) is 7.40. The van der Waals surface area contributed by atoms with Crippen LogP contribution in [-0.2, 0) is 10.8 Å². The largest absolute Gasteiger partial charge is 0.0812 e. The summed E-state index contributed by atoms with van der Waals surface area (Å²) in [5, 5.41) is 0. The zero-order valence-electron chi connectivity index (χ0n) is 6.10. The van der Waals surface area contributed by atoms with E-state index in [4.69, 9.17) is 0 Å². The fourth-order valence-corrected chi connectivity index (χ4v) is 1.37. The Bertz CT molecular complexity index is 165. The fourth-order valence-electron chi connectivity index (χ4n) is 0.864. The van der Waals surface area contributed by atoms with Crippen LogP contribution in [0.2, 0.25) is 0 Å². The first-order valence-electron chi connectivity index (χ1n) is 3.50. The average molecular weight is 246 g/mol. The lowest BCUT2D eigenvalue weighted by Crippen LogP contribution is -1.80. The van der Waals surface area contributed by atoms with Crippen molar-refractivity contribution < 1.29 is 0 Å². The predicted octanol–water partition coefficient (Wildman–Crippen LogP) is 3.18. The van der Waals surface area contributed by atoms with Gasteiger partial charge in [0.1, 0.15) is 0 Å². The molecular formula is C9H11I. The second-order valence-corrected chi connectivity index (χ2v) is 3.07. The van der Waals surface area contributed by atoms with Crippen LogP contribution in [0.25, 0.3) is 0 Å². The first-order valence-corrected chi connectivity index (χ1v) is 5.03. The maximum atomic E-state index is 2.38. The summed E-state index contributed by atoms with van der Waals surface area (Å²) in [6.07, 6.45) is 1.14. The van der Waals surface area contributed by atoms with Crippen LogP contribution in [-0.4, -0.2) is 0 Å². The molecule has 1 aromatic rings. The third-order valence-corrected chi connectivity index (χ3v) is 2.47. The lowest BCUT2D eigenvalue weighted by molar-refractivity contribution is 1.14. The van der Waals surface area contributed by atoms with Gasteiger partial charge in [0.15, 0.2) is 0 Å². The monoisotopic (exact) mass is 246 g/mol. The minimum atomic E-state index is 1.11. The van der Waals surface area contributed by atoms with Crippen LogP contribution in [0.1, 0.15) is 18.1 Å². The SMILES string of the molecule is CCc1ccc(CI)cc1. The van der Waals surface area contributed by atoms with E-state index in [1.54, 1.807) is 0 Å². The Balaban J connectivity index is 2.80. The van der Waals surface area contributed by atoms with E-state index in [9.17, 15) is 0 Å². The Morgan fingerprint density at radius 3 is 2.00 bits per heavy atom. The highest BCUT2D eigenvalue weighted by Gasteiger charge is 1.88. The topological polar surface area (TPSA) is 0 Å². The van der Waals surface area contributed by atoms with Crippen LogP contribution in [0, 0.1) is 0 Å². The Hall–Kier alpha value is -0.0500. The third kappa shape index (κ3) is 1.97. The van der Waals surface area contributed by atoms with Crippen molar-refractivity contribution in [1.82, 2.24) is 0 Å². The van der Waals surface area contributed by atoms with Gasteiger partial charge in [-0.3, -0.25) is 0 Å². The summed E-state index contributed by atoms with van der Waals surface area (Å²) in [7, 11) is 0. The van der Waals surface area contributed by atoms with E-state index in [-0.39, 0.29) is 0 Å². The van der Waals surface area contributed by atoms with Crippen LogP contribution in [0.3, 0.4) is 0 Å². The quantitative estimate of drug-likeness (QED) is 0.555. The molecule has 0 spiro atoms. The Morgan fingerprint density at radius 1 is 1.10 bits per heavy atom. The second-order valence-electron chi connectivity index (χ2n) is 2.30. The van der Waals surface area contributed by atoms with Gasteiger partial charge in [0.2, 0.25) is 0 Å². The number of hydrogen-bond donors (Lipinski definition) is 0. The van der Waals surface area contributed by atoms with Gasteiger partial charge < -0.3 is 0 Å². The van der Waals surface area contributed by atoms with Crippen molar-refractivity contribution in [2.24, 2.45) is 0 Å². The van der Waals surface area contributed by atoms with Gasteiger partial charge >= 0.3 is 0 Å². The van der Waals surface area contributed by atoms with Gasteiger partial charge in [-0.2, -0.15) is 0 Å². The van der Waals surface area contributed by atoms with E-state index in [0.717, 1.165) is 10.8 Å². The highest BCUT2D eigenvalue weighted by Crippen LogP contribution is 2.07. The Kier molecular flexibility index (Phi) is 3.19. The van der Waals surface area contributed by atoms with Gasteiger partial charge in [0.05, 0.1) is 0 Å². The van der Waals surface area contributed by atoms with Crippen molar-refractivity contribution in [3.63, 3.8) is 0 Å². The predicted molar refractivity (Wildman–Crippen MR) is 53.5 cm³/mol. The molecule has 0 saturated carbocycles. The Morgan fingerprint density at radius 2 is 1.60 bits per heavy atom. The van der Waals surface area contributed by atoms with Crippen LogP contribution >= 0.6 is 22.6 Å². The van der Waals surface area contributed by atoms with Crippen molar-refractivity contribution in [2.75, 3.05) is 0 Å². The zero-order valence-corrected chi connectivity index (χ0v) is 8.26. The minimum Gasteiger partial charge on any atom is -0.0812 e. The van der Waals surface area contributed by atoms with Gasteiger partial charge in [-0.25, -0.2) is 0 Å². The lowest BCUT2D eigenvalue weighted by Gasteiger charge is -1.96. The molecule has 0 aliphatic carbocycles. The summed E-state index contributed by atoms with van der Waals surface area (Å²) >= 11 is 2.38. The van der Waals surface area contributed by atoms with Crippen molar-refractivity contribution >= 4 is 22.6 Å². The molecule has 0 heterocycles. The van der Waals surface area contributed by atoms with Gasteiger partial charge in [-0.15, -0.1) is 0 Å². The molecule has 1 aromatic carbocycles. The van der Waals surface area contributed by atoms with Gasteiger partial charge in [-0.05, 0) is 17.5 Å². The molecular weight excluding hydrogens is 235 g/mol. The molecule has 0 unspecified atom stereocenters. The van der Waals surface area contributed by atoms with Crippen molar-refractivity contribution in [3.8, 4) is 0 Å². The number of benzene rings is 1. The fraction of sp³-hybridized carbons (Fsp3) is 0.333. The van der Waals surface area contributed by atoms with E-state index in [1.165, 1.54) is 11.1 Å². The maximum absolute atomic E-state index is 2.38. The molecule has 54 valence electrons. The molecule has 0 aromatic heterocycles. The normalized spacial score (nSPS) is 9.80. The lowest BCUT2D eigenvalue weighted by atomic mass is 10.1. The van der Waals surface area contributed by atoms with E-state index < -0.39 is 0 Å². The second kappa shape index (κ2) is 3.96.